The topological polar surface area (TPSA) is 173 Å². The van der Waals surface area contributed by atoms with E-state index < -0.39 is 23.9 Å². The molecule has 0 radical (unpaired) electrons. The molecular formula is C20H22N2O8. The summed E-state index contributed by atoms with van der Waals surface area (Å²) in [6, 6.07) is 12.6. The van der Waals surface area contributed by atoms with Crippen LogP contribution in [0.1, 0.15) is 41.5 Å². The third-order valence-corrected chi connectivity index (χ3v) is 2.95. The molecule has 0 unspecified atom stereocenters. The Balaban J connectivity index is 0.000000442. The molecule has 160 valence electrons. The molecule has 30 heavy (non-hydrogen) atoms. The number of nitrogen functional groups attached to an aromatic ring is 1. The van der Waals surface area contributed by atoms with Gasteiger partial charge in [0, 0.05) is 26.5 Å². The summed E-state index contributed by atoms with van der Waals surface area (Å²) in [4.78, 5) is 51.3. The van der Waals surface area contributed by atoms with Crippen molar-refractivity contribution in [3.8, 4) is 0 Å². The van der Waals surface area contributed by atoms with Gasteiger partial charge < -0.3 is 26.0 Å². The standard InChI is InChI=1S/C9H9NO3.C7H7NO2.C4H6O3/c1-6(11)10-8-5-3-2-4-7(8)9(12)13;8-6-4-2-1-3-5(6)7(9)10;1-3(5)7-4(2)6/h2-5H,1H3,(H,10,11)(H,12,13);1-4H,8H2,(H,9,10);1-2H3. The summed E-state index contributed by atoms with van der Waals surface area (Å²) in [7, 11) is 0. The Morgan fingerprint density at radius 2 is 1.20 bits per heavy atom. The molecule has 0 aliphatic rings. The molecule has 2 rings (SSSR count). The van der Waals surface area contributed by atoms with Crippen LogP contribution in [0, 0.1) is 0 Å². The number of rotatable bonds is 3. The van der Waals surface area contributed by atoms with Crippen molar-refractivity contribution in [2.24, 2.45) is 0 Å². The number of nitrogens with one attached hydrogen (secondary N) is 1. The van der Waals surface area contributed by atoms with E-state index in [1.807, 2.05) is 0 Å². The Labute approximate surface area is 172 Å². The number of aromatic carboxylic acids is 2. The number of amides is 1. The monoisotopic (exact) mass is 418 g/mol. The largest absolute Gasteiger partial charge is 0.478 e. The van der Waals surface area contributed by atoms with Crippen molar-refractivity contribution >= 4 is 41.2 Å². The highest BCUT2D eigenvalue weighted by Gasteiger charge is 2.08. The van der Waals surface area contributed by atoms with E-state index in [0.717, 1.165) is 0 Å². The van der Waals surface area contributed by atoms with Crippen LogP contribution in [0.3, 0.4) is 0 Å². The smallest absolute Gasteiger partial charge is 0.337 e. The molecule has 0 bridgehead atoms. The van der Waals surface area contributed by atoms with Gasteiger partial charge in [0.25, 0.3) is 0 Å². The number of para-hydroxylation sites is 2. The van der Waals surface area contributed by atoms with Gasteiger partial charge >= 0.3 is 23.9 Å². The van der Waals surface area contributed by atoms with Gasteiger partial charge in [-0.1, -0.05) is 24.3 Å². The molecule has 2 aromatic carbocycles. The van der Waals surface area contributed by atoms with Crippen LogP contribution in [-0.4, -0.2) is 40.0 Å². The number of carbonyl (C=O) groups is 5. The molecule has 0 fully saturated rings. The predicted molar refractivity (Wildman–Crippen MR) is 108 cm³/mol. The molecule has 10 nitrogen and oxygen atoms in total. The molecule has 0 saturated heterocycles. The van der Waals surface area contributed by atoms with Crippen LogP contribution in [0.2, 0.25) is 0 Å². The fraction of sp³-hybridized carbons (Fsp3) is 0.150. The number of hydrogen-bond acceptors (Lipinski definition) is 7. The minimum Gasteiger partial charge on any atom is -0.478 e. The highest BCUT2D eigenvalue weighted by Crippen LogP contribution is 2.14. The first kappa shape index (κ1) is 25.8. The average Bonchev–Trinajstić information content (AvgIpc) is 2.61. The zero-order chi connectivity index (χ0) is 23.3. The summed E-state index contributed by atoms with van der Waals surface area (Å²) in [6.45, 7) is 3.70. The predicted octanol–water partition coefficient (Wildman–Crippen LogP) is 2.41. The van der Waals surface area contributed by atoms with Gasteiger partial charge in [-0.05, 0) is 24.3 Å². The van der Waals surface area contributed by atoms with Crippen LogP contribution in [-0.2, 0) is 19.1 Å². The van der Waals surface area contributed by atoms with Crippen molar-refractivity contribution in [1.82, 2.24) is 0 Å². The van der Waals surface area contributed by atoms with Gasteiger partial charge in [-0.2, -0.15) is 0 Å². The molecule has 0 heterocycles. The van der Waals surface area contributed by atoms with Crippen LogP contribution in [0.5, 0.6) is 0 Å². The maximum absolute atomic E-state index is 10.7. The van der Waals surface area contributed by atoms with E-state index in [2.05, 4.69) is 10.1 Å². The van der Waals surface area contributed by atoms with Crippen molar-refractivity contribution < 1.29 is 38.9 Å². The molecular weight excluding hydrogens is 396 g/mol. The molecule has 1 amide bonds. The molecule has 2 aromatic rings. The van der Waals surface area contributed by atoms with Gasteiger partial charge in [-0.3, -0.25) is 14.4 Å². The Bertz CT molecular complexity index is 913. The Hall–Kier alpha value is -4.21. The highest BCUT2D eigenvalue weighted by atomic mass is 16.6. The third kappa shape index (κ3) is 10.8. The second-order valence-electron chi connectivity index (χ2n) is 5.51. The number of carboxylic acid groups (broad SMARTS) is 2. The van der Waals surface area contributed by atoms with Gasteiger partial charge in [0.1, 0.15) is 0 Å². The van der Waals surface area contributed by atoms with Crippen LogP contribution in [0.25, 0.3) is 0 Å². The number of hydrogen-bond donors (Lipinski definition) is 4. The summed E-state index contributed by atoms with van der Waals surface area (Å²) in [6.07, 6.45) is 0. The zero-order valence-electron chi connectivity index (χ0n) is 16.5. The Morgan fingerprint density at radius 3 is 1.53 bits per heavy atom. The molecule has 0 aliphatic heterocycles. The number of carboxylic acids is 2. The molecule has 10 heteroatoms. The molecule has 0 aromatic heterocycles. The lowest BCUT2D eigenvalue weighted by Gasteiger charge is -2.04. The third-order valence-electron chi connectivity index (χ3n) is 2.95. The lowest BCUT2D eigenvalue weighted by molar-refractivity contribution is -0.156. The van der Waals surface area contributed by atoms with Gasteiger partial charge in [0.2, 0.25) is 5.91 Å². The first-order valence-corrected chi connectivity index (χ1v) is 8.32. The molecule has 0 aliphatic carbocycles. The SMILES string of the molecule is CC(=O)Nc1ccccc1C(=O)O.CC(=O)OC(C)=O.Nc1ccccc1C(=O)O. The zero-order valence-corrected chi connectivity index (χ0v) is 16.5. The van der Waals surface area contributed by atoms with Crippen molar-refractivity contribution in [1.29, 1.82) is 0 Å². The number of benzene rings is 2. The summed E-state index contributed by atoms with van der Waals surface area (Å²) < 4.78 is 3.97. The fourth-order valence-corrected chi connectivity index (χ4v) is 1.86. The highest BCUT2D eigenvalue weighted by molar-refractivity contribution is 5.99. The van der Waals surface area contributed by atoms with E-state index in [0.29, 0.717) is 11.4 Å². The molecule has 0 spiro atoms. The number of esters is 2. The summed E-state index contributed by atoms with van der Waals surface area (Å²) >= 11 is 0. The first-order valence-electron chi connectivity index (χ1n) is 8.32. The molecule has 0 atom stereocenters. The van der Waals surface area contributed by atoms with E-state index in [1.165, 1.54) is 32.9 Å². The number of ether oxygens (including phenoxy) is 1. The van der Waals surface area contributed by atoms with E-state index >= 15 is 0 Å². The van der Waals surface area contributed by atoms with Crippen LogP contribution >= 0.6 is 0 Å². The van der Waals surface area contributed by atoms with Crippen molar-refractivity contribution in [3.63, 3.8) is 0 Å². The molecule has 5 N–H and O–H groups in total. The summed E-state index contributed by atoms with van der Waals surface area (Å²) in [5, 5.41) is 19.6. The first-order chi connectivity index (χ1) is 14.0. The maximum atomic E-state index is 10.7. The number of carbonyl (C=O) groups excluding carboxylic acids is 3. The van der Waals surface area contributed by atoms with E-state index in [1.54, 1.807) is 36.4 Å². The average molecular weight is 418 g/mol. The second kappa shape index (κ2) is 13.0. The van der Waals surface area contributed by atoms with Gasteiger partial charge in [-0.15, -0.1) is 0 Å². The van der Waals surface area contributed by atoms with Gasteiger partial charge in [0.05, 0.1) is 16.8 Å². The van der Waals surface area contributed by atoms with Crippen molar-refractivity contribution in [2.75, 3.05) is 11.1 Å². The second-order valence-corrected chi connectivity index (χ2v) is 5.51. The summed E-state index contributed by atoms with van der Waals surface area (Å²) in [5.74, 6) is -3.45. The number of nitrogens with two attached hydrogens (primary N) is 1. The quantitative estimate of drug-likeness (QED) is 0.331. The maximum Gasteiger partial charge on any atom is 0.337 e. The van der Waals surface area contributed by atoms with Crippen molar-refractivity contribution in [2.45, 2.75) is 20.8 Å². The van der Waals surface area contributed by atoms with E-state index in [9.17, 15) is 24.0 Å². The fourth-order valence-electron chi connectivity index (χ4n) is 1.86. The Morgan fingerprint density at radius 1 is 0.767 bits per heavy atom. The minimum atomic E-state index is -1.05. The van der Waals surface area contributed by atoms with Crippen molar-refractivity contribution in [3.05, 3.63) is 59.7 Å². The van der Waals surface area contributed by atoms with Gasteiger partial charge in [-0.25, -0.2) is 9.59 Å². The number of anilines is 2. The van der Waals surface area contributed by atoms with Crippen LogP contribution in [0.4, 0.5) is 11.4 Å². The lowest BCUT2D eigenvalue weighted by Crippen LogP contribution is -2.10. The summed E-state index contributed by atoms with van der Waals surface area (Å²) in [5.41, 5.74) is 6.21. The Kier molecular flexibility index (Phi) is 11.2. The van der Waals surface area contributed by atoms with E-state index in [-0.39, 0.29) is 17.0 Å². The van der Waals surface area contributed by atoms with E-state index in [4.69, 9.17) is 15.9 Å². The van der Waals surface area contributed by atoms with Crippen LogP contribution in [0.15, 0.2) is 48.5 Å². The van der Waals surface area contributed by atoms with Crippen LogP contribution < -0.4 is 11.1 Å². The van der Waals surface area contributed by atoms with Gasteiger partial charge in [0.15, 0.2) is 0 Å². The minimum absolute atomic E-state index is 0.0951. The molecule has 0 saturated carbocycles. The normalized spacial score (nSPS) is 8.90. The lowest BCUT2D eigenvalue weighted by atomic mass is 10.2.